The lowest BCUT2D eigenvalue weighted by atomic mass is 10.1. The summed E-state index contributed by atoms with van der Waals surface area (Å²) in [5.41, 5.74) is 3.98. The summed E-state index contributed by atoms with van der Waals surface area (Å²) >= 11 is 0. The number of piperazine rings is 1. The standard InChI is InChI=1S/C27H35N5O3/c1-3-25(33)28-22-10-11-24(23(19-22)26(34)31-12-5-4-6-13-31)30-14-16-32(17-15-30)27(35)29-21-9-7-8-20(2)18-21/h7-11,18-19H,3-6,12-17H2,1-2H3,(H,28,33)(H,29,35). The molecule has 2 aliphatic rings. The lowest BCUT2D eigenvalue weighted by molar-refractivity contribution is -0.115. The Balaban J connectivity index is 1.48. The highest BCUT2D eigenvalue weighted by Gasteiger charge is 2.27. The monoisotopic (exact) mass is 477 g/mol. The van der Waals surface area contributed by atoms with Gasteiger partial charge >= 0.3 is 6.03 Å². The SMILES string of the molecule is CCC(=O)Nc1ccc(N2CCN(C(=O)Nc3cccc(C)c3)CC2)c(C(=O)N2CCCCC2)c1. The number of carbonyl (C=O) groups excluding carboxylic acids is 3. The number of piperidine rings is 1. The minimum atomic E-state index is -0.113. The molecule has 0 aromatic heterocycles. The predicted molar refractivity (Wildman–Crippen MR) is 139 cm³/mol. The summed E-state index contributed by atoms with van der Waals surface area (Å²) in [5.74, 6) is -0.0747. The van der Waals surface area contributed by atoms with E-state index < -0.39 is 0 Å². The van der Waals surface area contributed by atoms with Crippen molar-refractivity contribution < 1.29 is 14.4 Å². The Morgan fingerprint density at radius 2 is 1.51 bits per heavy atom. The molecule has 0 unspecified atom stereocenters. The molecule has 0 aliphatic carbocycles. The molecule has 2 aromatic rings. The van der Waals surface area contributed by atoms with Gasteiger partial charge in [0.15, 0.2) is 0 Å². The van der Waals surface area contributed by atoms with Gasteiger partial charge in [-0.2, -0.15) is 0 Å². The van der Waals surface area contributed by atoms with Gasteiger partial charge < -0.3 is 25.3 Å². The van der Waals surface area contributed by atoms with Gasteiger partial charge in [0.1, 0.15) is 0 Å². The molecular weight excluding hydrogens is 442 g/mol. The van der Waals surface area contributed by atoms with Crippen LogP contribution in [0.4, 0.5) is 21.9 Å². The van der Waals surface area contributed by atoms with Gasteiger partial charge in [0.25, 0.3) is 5.91 Å². The molecule has 2 fully saturated rings. The van der Waals surface area contributed by atoms with E-state index in [0.29, 0.717) is 43.9 Å². The highest BCUT2D eigenvalue weighted by molar-refractivity contribution is 6.02. The van der Waals surface area contributed by atoms with Crippen molar-refractivity contribution in [2.45, 2.75) is 39.5 Å². The number of amides is 4. The van der Waals surface area contributed by atoms with Crippen LogP contribution in [0, 0.1) is 6.92 Å². The van der Waals surface area contributed by atoms with Gasteiger partial charge in [-0.05, 0) is 62.1 Å². The van der Waals surface area contributed by atoms with E-state index in [1.54, 1.807) is 17.9 Å². The van der Waals surface area contributed by atoms with Crippen LogP contribution in [0.1, 0.15) is 48.5 Å². The maximum atomic E-state index is 13.5. The number of hydrogen-bond donors (Lipinski definition) is 2. The van der Waals surface area contributed by atoms with Gasteiger partial charge in [-0.3, -0.25) is 9.59 Å². The molecule has 2 aromatic carbocycles. The molecule has 2 N–H and O–H groups in total. The van der Waals surface area contributed by atoms with Crippen LogP contribution in [0.25, 0.3) is 0 Å². The molecule has 4 amide bonds. The fourth-order valence-electron chi connectivity index (χ4n) is 4.65. The minimum absolute atomic E-state index is 0.00641. The van der Waals surface area contributed by atoms with Crippen molar-refractivity contribution in [1.29, 1.82) is 0 Å². The van der Waals surface area contributed by atoms with Gasteiger partial charge in [-0.15, -0.1) is 0 Å². The Labute approximate surface area is 207 Å². The molecule has 8 nitrogen and oxygen atoms in total. The molecule has 35 heavy (non-hydrogen) atoms. The number of nitrogens with zero attached hydrogens (tertiary/aromatic N) is 3. The minimum Gasteiger partial charge on any atom is -0.367 e. The maximum Gasteiger partial charge on any atom is 0.321 e. The van der Waals surface area contributed by atoms with E-state index in [1.807, 2.05) is 48.2 Å². The Morgan fingerprint density at radius 1 is 0.800 bits per heavy atom. The van der Waals surface area contributed by atoms with E-state index in [9.17, 15) is 14.4 Å². The molecule has 8 heteroatoms. The van der Waals surface area contributed by atoms with E-state index in [-0.39, 0.29) is 17.8 Å². The summed E-state index contributed by atoms with van der Waals surface area (Å²) in [4.78, 5) is 44.1. The molecule has 2 heterocycles. The van der Waals surface area contributed by atoms with Crippen LogP contribution in [0.5, 0.6) is 0 Å². The van der Waals surface area contributed by atoms with Crippen molar-refractivity contribution in [3.05, 3.63) is 53.6 Å². The normalized spacial score (nSPS) is 16.1. The topological polar surface area (TPSA) is 85.0 Å². The zero-order valence-electron chi connectivity index (χ0n) is 20.7. The average Bonchev–Trinajstić information content (AvgIpc) is 2.88. The second-order valence-corrected chi connectivity index (χ2v) is 9.26. The number of benzene rings is 2. The molecule has 2 saturated heterocycles. The highest BCUT2D eigenvalue weighted by atomic mass is 16.2. The summed E-state index contributed by atoms with van der Waals surface area (Å²) in [7, 11) is 0. The zero-order chi connectivity index (χ0) is 24.8. The Bertz CT molecular complexity index is 1070. The fourth-order valence-corrected chi connectivity index (χ4v) is 4.65. The molecule has 0 radical (unpaired) electrons. The third kappa shape index (κ3) is 6.12. The molecule has 186 valence electrons. The zero-order valence-corrected chi connectivity index (χ0v) is 20.7. The molecule has 0 bridgehead atoms. The Kier molecular flexibility index (Phi) is 7.90. The van der Waals surface area contributed by atoms with Crippen molar-refractivity contribution >= 4 is 34.9 Å². The molecule has 0 spiro atoms. The second kappa shape index (κ2) is 11.3. The lowest BCUT2D eigenvalue weighted by Crippen LogP contribution is -2.50. The van der Waals surface area contributed by atoms with Crippen LogP contribution >= 0.6 is 0 Å². The largest absolute Gasteiger partial charge is 0.367 e. The van der Waals surface area contributed by atoms with E-state index in [2.05, 4.69) is 15.5 Å². The first-order chi connectivity index (χ1) is 16.9. The third-order valence-electron chi connectivity index (χ3n) is 6.65. The van der Waals surface area contributed by atoms with Crippen molar-refractivity contribution in [1.82, 2.24) is 9.80 Å². The van der Waals surface area contributed by atoms with Crippen molar-refractivity contribution in [2.75, 3.05) is 54.8 Å². The van der Waals surface area contributed by atoms with Crippen molar-refractivity contribution in [3.63, 3.8) is 0 Å². The fraction of sp³-hybridized carbons (Fsp3) is 0.444. The van der Waals surface area contributed by atoms with E-state index in [0.717, 1.165) is 49.3 Å². The van der Waals surface area contributed by atoms with Gasteiger partial charge in [0.2, 0.25) is 5.91 Å². The summed E-state index contributed by atoms with van der Waals surface area (Å²) in [6.45, 7) is 7.69. The van der Waals surface area contributed by atoms with Crippen LogP contribution in [0.15, 0.2) is 42.5 Å². The summed E-state index contributed by atoms with van der Waals surface area (Å²) < 4.78 is 0. The van der Waals surface area contributed by atoms with E-state index in [4.69, 9.17) is 0 Å². The van der Waals surface area contributed by atoms with Gasteiger partial charge in [-0.1, -0.05) is 19.1 Å². The molecule has 0 saturated carbocycles. The summed E-state index contributed by atoms with van der Waals surface area (Å²) in [6.07, 6.45) is 3.56. The average molecular weight is 478 g/mol. The molecule has 4 rings (SSSR count). The molecule has 0 atom stereocenters. The third-order valence-corrected chi connectivity index (χ3v) is 6.65. The van der Waals surface area contributed by atoms with Gasteiger partial charge in [0, 0.05) is 62.8 Å². The van der Waals surface area contributed by atoms with Gasteiger partial charge in [-0.25, -0.2) is 4.79 Å². The molecule has 2 aliphatic heterocycles. The highest BCUT2D eigenvalue weighted by Crippen LogP contribution is 2.28. The summed E-state index contributed by atoms with van der Waals surface area (Å²) in [6, 6.07) is 13.2. The smallest absolute Gasteiger partial charge is 0.321 e. The van der Waals surface area contributed by atoms with Crippen LogP contribution in [-0.2, 0) is 4.79 Å². The Morgan fingerprint density at radius 3 is 2.20 bits per heavy atom. The van der Waals surface area contributed by atoms with Gasteiger partial charge in [0.05, 0.1) is 5.56 Å². The number of urea groups is 1. The first-order valence-electron chi connectivity index (χ1n) is 12.6. The maximum absolute atomic E-state index is 13.5. The Hall–Kier alpha value is -3.55. The first-order valence-corrected chi connectivity index (χ1v) is 12.6. The van der Waals surface area contributed by atoms with Crippen LogP contribution in [-0.4, -0.2) is 66.9 Å². The number of nitrogens with one attached hydrogen (secondary N) is 2. The van der Waals surface area contributed by atoms with Crippen LogP contribution in [0.2, 0.25) is 0 Å². The predicted octanol–water partition coefficient (Wildman–Crippen LogP) is 4.32. The van der Waals surface area contributed by atoms with Crippen LogP contribution in [0.3, 0.4) is 0 Å². The lowest BCUT2D eigenvalue weighted by Gasteiger charge is -2.37. The second-order valence-electron chi connectivity index (χ2n) is 9.26. The number of likely N-dealkylation sites (tertiary alicyclic amines) is 1. The quantitative estimate of drug-likeness (QED) is 0.672. The number of rotatable bonds is 5. The number of hydrogen-bond acceptors (Lipinski definition) is 4. The van der Waals surface area contributed by atoms with E-state index >= 15 is 0 Å². The van der Waals surface area contributed by atoms with Crippen molar-refractivity contribution in [3.8, 4) is 0 Å². The number of aryl methyl sites for hydroxylation is 1. The van der Waals surface area contributed by atoms with E-state index in [1.165, 1.54) is 0 Å². The molecular formula is C27H35N5O3. The number of anilines is 3. The summed E-state index contributed by atoms with van der Waals surface area (Å²) in [5, 5.41) is 5.86. The number of carbonyl (C=O) groups is 3. The van der Waals surface area contributed by atoms with Crippen LogP contribution < -0.4 is 15.5 Å². The first kappa shape index (κ1) is 24.6. The van der Waals surface area contributed by atoms with Crippen molar-refractivity contribution in [2.24, 2.45) is 0 Å².